The highest BCUT2D eigenvalue weighted by Crippen LogP contribution is 2.43. The van der Waals surface area contributed by atoms with E-state index in [1.165, 1.54) is 83.8 Å². The molecule has 0 aromatic rings. The maximum atomic E-state index is 2.75. The molecule has 16 heavy (non-hydrogen) atoms. The van der Waals surface area contributed by atoms with Crippen molar-refractivity contribution in [2.75, 3.05) is 19.6 Å². The first-order valence-electron chi connectivity index (χ1n) is 7.57. The van der Waals surface area contributed by atoms with Gasteiger partial charge in [-0.15, -0.1) is 0 Å². The lowest BCUT2D eigenvalue weighted by Crippen LogP contribution is -2.29. The lowest BCUT2D eigenvalue weighted by atomic mass is 9.73. The summed E-state index contributed by atoms with van der Waals surface area (Å²) in [7, 11) is 0. The molecule has 0 aromatic carbocycles. The molecule has 0 N–H and O–H groups in total. The van der Waals surface area contributed by atoms with Gasteiger partial charge in [-0.3, -0.25) is 0 Å². The zero-order valence-electron chi connectivity index (χ0n) is 11.1. The third kappa shape index (κ3) is 3.23. The van der Waals surface area contributed by atoms with Gasteiger partial charge in [0.1, 0.15) is 0 Å². The average molecular weight is 223 g/mol. The quantitative estimate of drug-likeness (QED) is 0.631. The summed E-state index contributed by atoms with van der Waals surface area (Å²) in [5.74, 6) is 0. The van der Waals surface area contributed by atoms with Crippen molar-refractivity contribution in [1.29, 1.82) is 0 Å². The summed E-state index contributed by atoms with van der Waals surface area (Å²) in [4.78, 5) is 2.75. The van der Waals surface area contributed by atoms with Gasteiger partial charge in [0.2, 0.25) is 0 Å². The first kappa shape index (κ1) is 12.4. The molecule has 0 unspecified atom stereocenters. The van der Waals surface area contributed by atoms with Crippen LogP contribution in [-0.4, -0.2) is 24.5 Å². The Bertz CT molecular complexity index is 194. The van der Waals surface area contributed by atoms with Crippen molar-refractivity contribution < 1.29 is 0 Å². The molecule has 1 saturated carbocycles. The largest absolute Gasteiger partial charge is 0.303 e. The summed E-state index contributed by atoms with van der Waals surface area (Å²) < 4.78 is 0. The molecule has 0 amide bonds. The lowest BCUT2D eigenvalue weighted by Gasteiger charge is -2.33. The van der Waals surface area contributed by atoms with E-state index in [4.69, 9.17) is 0 Å². The van der Waals surface area contributed by atoms with Crippen LogP contribution in [0, 0.1) is 5.41 Å². The molecule has 0 radical (unpaired) electrons. The molecule has 1 heteroatoms. The van der Waals surface area contributed by atoms with E-state index in [1.807, 2.05) is 0 Å². The smallest absolute Gasteiger partial charge is 0.00384 e. The van der Waals surface area contributed by atoms with Gasteiger partial charge in [0, 0.05) is 6.54 Å². The molecule has 1 saturated heterocycles. The van der Waals surface area contributed by atoms with Crippen molar-refractivity contribution in [2.45, 2.75) is 71.1 Å². The van der Waals surface area contributed by atoms with Crippen molar-refractivity contribution in [3.05, 3.63) is 0 Å². The minimum absolute atomic E-state index is 0.767. The second-order valence-electron chi connectivity index (χ2n) is 6.15. The molecular formula is C15H29N. The number of rotatable bonds is 5. The number of unbranched alkanes of at least 4 members (excludes halogenated alkanes) is 3. The Morgan fingerprint density at radius 3 is 2.50 bits per heavy atom. The highest BCUT2D eigenvalue weighted by Gasteiger charge is 2.38. The van der Waals surface area contributed by atoms with Gasteiger partial charge in [0.15, 0.2) is 0 Å². The highest BCUT2D eigenvalue weighted by atomic mass is 15.2. The average Bonchev–Trinajstić information content (AvgIpc) is 2.69. The number of likely N-dealkylation sites (tertiary alicyclic amines) is 1. The Morgan fingerprint density at radius 1 is 0.938 bits per heavy atom. The van der Waals surface area contributed by atoms with Gasteiger partial charge in [-0.2, -0.15) is 0 Å². The van der Waals surface area contributed by atoms with E-state index in [0.29, 0.717) is 0 Å². The maximum absolute atomic E-state index is 2.75. The van der Waals surface area contributed by atoms with Gasteiger partial charge >= 0.3 is 0 Å². The third-order valence-electron chi connectivity index (χ3n) is 4.76. The van der Waals surface area contributed by atoms with Gasteiger partial charge in [-0.25, -0.2) is 0 Å². The first-order chi connectivity index (χ1) is 7.85. The number of hydrogen-bond donors (Lipinski definition) is 0. The zero-order valence-corrected chi connectivity index (χ0v) is 11.1. The van der Waals surface area contributed by atoms with Crippen molar-refractivity contribution >= 4 is 0 Å². The Labute approximate surface area is 102 Å². The number of nitrogens with zero attached hydrogens (tertiary/aromatic N) is 1. The first-order valence-corrected chi connectivity index (χ1v) is 7.57. The molecular weight excluding hydrogens is 194 g/mol. The molecule has 1 spiro atoms. The van der Waals surface area contributed by atoms with Crippen molar-refractivity contribution in [2.24, 2.45) is 5.41 Å². The molecule has 2 aliphatic rings. The van der Waals surface area contributed by atoms with Gasteiger partial charge in [0.05, 0.1) is 0 Å². The van der Waals surface area contributed by atoms with Crippen LogP contribution in [0.5, 0.6) is 0 Å². The van der Waals surface area contributed by atoms with E-state index in [2.05, 4.69) is 11.8 Å². The third-order valence-corrected chi connectivity index (χ3v) is 4.76. The van der Waals surface area contributed by atoms with Crippen LogP contribution < -0.4 is 0 Å². The van der Waals surface area contributed by atoms with Gasteiger partial charge in [-0.1, -0.05) is 45.4 Å². The molecule has 0 bridgehead atoms. The van der Waals surface area contributed by atoms with Crippen LogP contribution in [0.3, 0.4) is 0 Å². The topological polar surface area (TPSA) is 3.24 Å². The molecule has 1 aliphatic heterocycles. The summed E-state index contributed by atoms with van der Waals surface area (Å²) in [5.41, 5.74) is 0.767. The van der Waals surface area contributed by atoms with E-state index < -0.39 is 0 Å². The second-order valence-corrected chi connectivity index (χ2v) is 6.15. The van der Waals surface area contributed by atoms with Crippen molar-refractivity contribution in [1.82, 2.24) is 4.90 Å². The second kappa shape index (κ2) is 6.05. The van der Waals surface area contributed by atoms with Crippen molar-refractivity contribution in [3.63, 3.8) is 0 Å². The van der Waals surface area contributed by atoms with Crippen LogP contribution in [0.25, 0.3) is 0 Å². The molecule has 2 fully saturated rings. The summed E-state index contributed by atoms with van der Waals surface area (Å²) in [6.45, 7) is 6.50. The van der Waals surface area contributed by atoms with Crippen LogP contribution in [0.1, 0.15) is 71.1 Å². The predicted molar refractivity (Wildman–Crippen MR) is 70.7 cm³/mol. The summed E-state index contributed by atoms with van der Waals surface area (Å²) in [6, 6.07) is 0. The Balaban J connectivity index is 1.66. The molecule has 0 aromatic heterocycles. The Hall–Kier alpha value is -0.0400. The molecule has 2 rings (SSSR count). The Kier molecular flexibility index (Phi) is 4.69. The summed E-state index contributed by atoms with van der Waals surface area (Å²) >= 11 is 0. The fourth-order valence-electron chi connectivity index (χ4n) is 3.69. The highest BCUT2D eigenvalue weighted by molar-refractivity contribution is 4.91. The van der Waals surface area contributed by atoms with E-state index in [-0.39, 0.29) is 0 Å². The van der Waals surface area contributed by atoms with Crippen molar-refractivity contribution in [3.8, 4) is 0 Å². The van der Waals surface area contributed by atoms with Crippen LogP contribution in [0.2, 0.25) is 0 Å². The minimum Gasteiger partial charge on any atom is -0.303 e. The SMILES string of the molecule is CCCCCCN1CCC2(CCCCC2)C1. The van der Waals surface area contributed by atoms with Gasteiger partial charge in [-0.05, 0) is 44.2 Å². The maximum Gasteiger partial charge on any atom is 0.00384 e. The normalized spacial score (nSPS) is 25.3. The van der Waals surface area contributed by atoms with E-state index in [1.54, 1.807) is 0 Å². The van der Waals surface area contributed by atoms with Crippen LogP contribution in [0.4, 0.5) is 0 Å². The number of hydrogen-bond acceptors (Lipinski definition) is 1. The standard InChI is InChI=1S/C15H29N/c1-2-3-4-8-12-16-13-11-15(14-16)9-6-5-7-10-15/h2-14H2,1H3. The lowest BCUT2D eigenvalue weighted by molar-refractivity contribution is 0.185. The predicted octanol–water partition coefficient (Wildman–Crippen LogP) is 4.22. The van der Waals surface area contributed by atoms with E-state index >= 15 is 0 Å². The Morgan fingerprint density at radius 2 is 1.75 bits per heavy atom. The summed E-state index contributed by atoms with van der Waals surface area (Å²) in [5, 5.41) is 0. The molecule has 0 atom stereocenters. The molecule has 1 aliphatic carbocycles. The summed E-state index contributed by atoms with van der Waals surface area (Å²) in [6.07, 6.45) is 14.7. The monoisotopic (exact) mass is 223 g/mol. The van der Waals surface area contributed by atoms with E-state index in [0.717, 1.165) is 5.41 Å². The minimum atomic E-state index is 0.767. The molecule has 1 heterocycles. The van der Waals surface area contributed by atoms with Gasteiger partial charge < -0.3 is 4.90 Å². The van der Waals surface area contributed by atoms with Crippen LogP contribution >= 0.6 is 0 Å². The molecule has 1 nitrogen and oxygen atoms in total. The van der Waals surface area contributed by atoms with E-state index in [9.17, 15) is 0 Å². The van der Waals surface area contributed by atoms with Gasteiger partial charge in [0.25, 0.3) is 0 Å². The fraction of sp³-hybridized carbons (Fsp3) is 1.00. The molecule has 94 valence electrons. The zero-order chi connectivity index (χ0) is 11.3. The van der Waals surface area contributed by atoms with Crippen LogP contribution in [0.15, 0.2) is 0 Å². The fourth-order valence-corrected chi connectivity index (χ4v) is 3.69. The van der Waals surface area contributed by atoms with Crippen LogP contribution in [-0.2, 0) is 0 Å².